The maximum Gasteiger partial charge on any atom is 0.458 e. The van der Waals surface area contributed by atoms with Crippen LogP contribution in [0.15, 0.2) is 12.2 Å². The van der Waals surface area contributed by atoms with Crippen molar-refractivity contribution in [2.24, 2.45) is 5.92 Å². The summed E-state index contributed by atoms with van der Waals surface area (Å²) in [6.07, 6.45) is 9.44. The van der Waals surface area contributed by atoms with Crippen molar-refractivity contribution in [1.82, 2.24) is 0 Å². The van der Waals surface area contributed by atoms with Gasteiger partial charge in [0, 0.05) is 0 Å². The van der Waals surface area contributed by atoms with E-state index in [0.29, 0.717) is 5.92 Å². The zero-order valence-corrected chi connectivity index (χ0v) is 11.0. The molecule has 90 valence electrons. The van der Waals surface area contributed by atoms with E-state index in [2.05, 4.69) is 39.8 Å². The van der Waals surface area contributed by atoms with Crippen molar-refractivity contribution < 1.29 is 9.31 Å². The van der Waals surface area contributed by atoms with E-state index >= 15 is 0 Å². The van der Waals surface area contributed by atoms with E-state index in [4.69, 9.17) is 9.31 Å². The van der Waals surface area contributed by atoms with Crippen LogP contribution in [0, 0.1) is 5.92 Å². The van der Waals surface area contributed by atoms with Crippen LogP contribution in [0.25, 0.3) is 0 Å². The van der Waals surface area contributed by atoms with Crippen molar-refractivity contribution in [3.8, 4) is 0 Å². The van der Waals surface area contributed by atoms with Gasteiger partial charge in [-0.1, -0.05) is 12.2 Å². The highest BCUT2D eigenvalue weighted by atomic mass is 16.7. The van der Waals surface area contributed by atoms with E-state index in [1.807, 2.05) is 0 Å². The molecule has 2 nitrogen and oxygen atoms in total. The Hall–Kier alpha value is -0.275. The van der Waals surface area contributed by atoms with E-state index in [9.17, 15) is 0 Å². The molecule has 1 atom stereocenters. The molecule has 0 aromatic rings. The Kier molecular flexibility index (Phi) is 3.19. The van der Waals surface area contributed by atoms with Gasteiger partial charge < -0.3 is 9.31 Å². The topological polar surface area (TPSA) is 18.5 Å². The molecule has 1 saturated heterocycles. The van der Waals surface area contributed by atoms with Crippen molar-refractivity contribution >= 4 is 7.12 Å². The summed E-state index contributed by atoms with van der Waals surface area (Å²) in [6, 6.07) is 0. The molecule has 0 aromatic heterocycles. The second-order valence-corrected chi connectivity index (χ2v) is 6.04. The molecule has 0 bridgehead atoms. The summed E-state index contributed by atoms with van der Waals surface area (Å²) in [7, 11) is -0.0299. The van der Waals surface area contributed by atoms with Gasteiger partial charge in [-0.2, -0.15) is 0 Å². The van der Waals surface area contributed by atoms with Crippen molar-refractivity contribution in [1.29, 1.82) is 0 Å². The van der Waals surface area contributed by atoms with Gasteiger partial charge in [-0.3, -0.25) is 0 Å². The van der Waals surface area contributed by atoms with Crippen LogP contribution in [-0.2, 0) is 9.31 Å². The zero-order valence-electron chi connectivity index (χ0n) is 11.0. The van der Waals surface area contributed by atoms with Gasteiger partial charge in [0.25, 0.3) is 0 Å². The summed E-state index contributed by atoms with van der Waals surface area (Å²) >= 11 is 0. The van der Waals surface area contributed by atoms with E-state index < -0.39 is 0 Å². The minimum Gasteiger partial charge on any atom is -0.403 e. The van der Waals surface area contributed by atoms with Crippen LogP contribution in [0.1, 0.15) is 47.0 Å². The first-order valence-corrected chi connectivity index (χ1v) is 6.43. The van der Waals surface area contributed by atoms with Crippen molar-refractivity contribution in [3.05, 3.63) is 12.2 Å². The molecule has 0 aromatic carbocycles. The molecule has 1 fully saturated rings. The Morgan fingerprint density at radius 3 is 2.31 bits per heavy atom. The highest BCUT2D eigenvalue weighted by Gasteiger charge is 2.51. The SMILES string of the molecule is CC1(C)OB(C[C@H]2C=CCCC2)OC1(C)C. The molecule has 1 aliphatic heterocycles. The number of hydrogen-bond acceptors (Lipinski definition) is 2. The van der Waals surface area contributed by atoms with Gasteiger partial charge in [0.05, 0.1) is 11.2 Å². The Morgan fingerprint density at radius 1 is 1.19 bits per heavy atom. The van der Waals surface area contributed by atoms with Crippen LogP contribution in [0.4, 0.5) is 0 Å². The second kappa shape index (κ2) is 4.19. The average molecular weight is 222 g/mol. The van der Waals surface area contributed by atoms with E-state index in [1.165, 1.54) is 19.3 Å². The highest BCUT2D eigenvalue weighted by molar-refractivity contribution is 6.45. The molecule has 3 heteroatoms. The van der Waals surface area contributed by atoms with E-state index in [1.54, 1.807) is 0 Å². The summed E-state index contributed by atoms with van der Waals surface area (Å²) in [5.74, 6) is 0.642. The summed E-state index contributed by atoms with van der Waals surface area (Å²) in [6.45, 7) is 8.46. The summed E-state index contributed by atoms with van der Waals surface area (Å²) in [5.41, 5.74) is -0.369. The Morgan fingerprint density at radius 2 is 1.81 bits per heavy atom. The van der Waals surface area contributed by atoms with Crippen molar-refractivity contribution in [2.75, 3.05) is 0 Å². The lowest BCUT2D eigenvalue weighted by Crippen LogP contribution is -2.41. The lowest BCUT2D eigenvalue weighted by atomic mass is 9.74. The minimum absolute atomic E-state index is 0.0299. The van der Waals surface area contributed by atoms with Crippen LogP contribution < -0.4 is 0 Å². The van der Waals surface area contributed by atoms with E-state index in [0.717, 1.165) is 6.32 Å². The normalized spacial score (nSPS) is 32.0. The Balaban J connectivity index is 1.93. The summed E-state index contributed by atoms with van der Waals surface area (Å²) in [5, 5.41) is 0. The minimum atomic E-state index is -0.184. The van der Waals surface area contributed by atoms with Gasteiger partial charge in [0.1, 0.15) is 0 Å². The summed E-state index contributed by atoms with van der Waals surface area (Å²) in [4.78, 5) is 0. The first-order chi connectivity index (χ1) is 7.41. The van der Waals surface area contributed by atoms with Crippen LogP contribution in [0.5, 0.6) is 0 Å². The third kappa shape index (κ3) is 2.35. The third-order valence-corrected chi connectivity index (χ3v) is 4.15. The van der Waals surface area contributed by atoms with Gasteiger partial charge in [-0.25, -0.2) is 0 Å². The van der Waals surface area contributed by atoms with Crippen molar-refractivity contribution in [3.63, 3.8) is 0 Å². The predicted octanol–water partition coefficient (Wildman–Crippen LogP) is 3.43. The highest BCUT2D eigenvalue weighted by Crippen LogP contribution is 2.39. The number of hydrogen-bond donors (Lipinski definition) is 0. The fraction of sp³-hybridized carbons (Fsp3) is 0.846. The number of rotatable bonds is 2. The molecule has 0 N–H and O–H groups in total. The van der Waals surface area contributed by atoms with Gasteiger partial charge in [0.2, 0.25) is 0 Å². The summed E-state index contributed by atoms with van der Waals surface area (Å²) < 4.78 is 12.0. The van der Waals surface area contributed by atoms with Gasteiger partial charge in [0.15, 0.2) is 0 Å². The molecular weight excluding hydrogens is 199 g/mol. The fourth-order valence-electron chi connectivity index (χ4n) is 2.39. The van der Waals surface area contributed by atoms with Gasteiger partial charge in [-0.05, 0) is 59.2 Å². The molecule has 0 amide bonds. The van der Waals surface area contributed by atoms with Crippen LogP contribution in [-0.4, -0.2) is 18.3 Å². The fourth-order valence-corrected chi connectivity index (χ4v) is 2.39. The second-order valence-electron chi connectivity index (χ2n) is 6.04. The quantitative estimate of drug-likeness (QED) is 0.526. The molecule has 2 rings (SSSR count). The molecular formula is C13H23BO2. The smallest absolute Gasteiger partial charge is 0.403 e. The van der Waals surface area contributed by atoms with Crippen LogP contribution >= 0.6 is 0 Å². The molecule has 16 heavy (non-hydrogen) atoms. The molecule has 2 aliphatic rings. The molecule has 0 radical (unpaired) electrons. The van der Waals surface area contributed by atoms with Gasteiger partial charge in [-0.15, -0.1) is 0 Å². The molecule has 1 heterocycles. The maximum atomic E-state index is 6.01. The lowest BCUT2D eigenvalue weighted by molar-refractivity contribution is 0.00578. The Bertz CT molecular complexity index is 268. The van der Waals surface area contributed by atoms with Crippen LogP contribution in [0.2, 0.25) is 6.32 Å². The molecule has 0 spiro atoms. The average Bonchev–Trinajstić information content (AvgIpc) is 2.36. The van der Waals surface area contributed by atoms with E-state index in [-0.39, 0.29) is 18.3 Å². The van der Waals surface area contributed by atoms with Crippen molar-refractivity contribution in [2.45, 2.75) is 64.5 Å². The number of allylic oxidation sites excluding steroid dienone is 2. The first-order valence-electron chi connectivity index (χ1n) is 6.43. The largest absolute Gasteiger partial charge is 0.458 e. The first kappa shape index (κ1) is 12.2. The zero-order chi connectivity index (χ0) is 11.8. The predicted molar refractivity (Wildman–Crippen MR) is 67.4 cm³/mol. The third-order valence-electron chi connectivity index (χ3n) is 4.15. The maximum absolute atomic E-state index is 6.01. The van der Waals surface area contributed by atoms with Gasteiger partial charge >= 0.3 is 7.12 Å². The van der Waals surface area contributed by atoms with Crippen LogP contribution in [0.3, 0.4) is 0 Å². The molecule has 1 aliphatic carbocycles. The Labute approximate surface area is 99.5 Å². The standard InChI is InChI=1S/C13H23BO2/c1-12(2)13(3,4)16-14(15-12)10-11-8-6-5-7-9-11/h6,8,11H,5,7,9-10H2,1-4H3/t11-/m0/s1. The molecule has 0 saturated carbocycles. The molecule has 0 unspecified atom stereocenters. The monoisotopic (exact) mass is 222 g/mol. The lowest BCUT2D eigenvalue weighted by Gasteiger charge is -2.32.